The van der Waals surface area contributed by atoms with Crippen LogP contribution in [0, 0.1) is 12.8 Å². The molecule has 0 aromatic carbocycles. The van der Waals surface area contributed by atoms with Crippen LogP contribution in [0.25, 0.3) is 0 Å². The Kier molecular flexibility index (Phi) is 6.21. The van der Waals surface area contributed by atoms with Crippen molar-refractivity contribution in [3.63, 3.8) is 0 Å². The highest BCUT2D eigenvalue weighted by atomic mass is 79.9. The van der Waals surface area contributed by atoms with Gasteiger partial charge >= 0.3 is 0 Å². The van der Waals surface area contributed by atoms with E-state index in [-0.39, 0.29) is 0 Å². The topological polar surface area (TPSA) is 34.1 Å². The van der Waals surface area contributed by atoms with Crippen LogP contribution in [0.2, 0.25) is 0 Å². The number of hydrogen-bond donors (Lipinski definition) is 1. The number of halogens is 1. The van der Waals surface area contributed by atoms with Gasteiger partial charge in [-0.1, -0.05) is 13.8 Å². The molecule has 114 valence electrons. The van der Waals surface area contributed by atoms with Gasteiger partial charge in [-0.25, -0.2) is 0 Å². The summed E-state index contributed by atoms with van der Waals surface area (Å²) in [4.78, 5) is 5.79. The van der Waals surface area contributed by atoms with E-state index in [1.165, 1.54) is 4.88 Å². The molecule has 5 heteroatoms. The number of ether oxygens (including phenoxy) is 1. The van der Waals surface area contributed by atoms with Gasteiger partial charge in [0.1, 0.15) is 12.4 Å². The largest absolute Gasteiger partial charge is 0.486 e. The molecule has 0 spiro atoms. The molecule has 0 amide bonds. The molecule has 3 nitrogen and oxygen atoms in total. The predicted octanol–water partition coefficient (Wildman–Crippen LogP) is 4.54. The zero-order valence-corrected chi connectivity index (χ0v) is 15.1. The van der Waals surface area contributed by atoms with E-state index in [4.69, 9.17) is 4.74 Å². The Balaban J connectivity index is 2.02. The number of rotatable bonds is 7. The summed E-state index contributed by atoms with van der Waals surface area (Å²) in [5, 5.41) is 5.48. The van der Waals surface area contributed by atoms with E-state index in [2.05, 4.69) is 45.5 Å². The van der Waals surface area contributed by atoms with Gasteiger partial charge < -0.3 is 10.1 Å². The van der Waals surface area contributed by atoms with Crippen molar-refractivity contribution in [2.75, 3.05) is 6.54 Å². The number of thiophene rings is 1. The SMILES string of the molecule is Cc1ccc(OCc2sccc2Br)c(CNCC(C)C)n1. The first-order chi connectivity index (χ1) is 10.1. The zero-order valence-electron chi connectivity index (χ0n) is 12.6. The van der Waals surface area contributed by atoms with Gasteiger partial charge in [0.25, 0.3) is 0 Å². The summed E-state index contributed by atoms with van der Waals surface area (Å²) in [6.45, 7) is 8.68. The molecule has 0 saturated heterocycles. The average Bonchev–Trinajstić information content (AvgIpc) is 2.83. The highest BCUT2D eigenvalue weighted by molar-refractivity contribution is 9.10. The second kappa shape index (κ2) is 7.92. The minimum Gasteiger partial charge on any atom is -0.486 e. The quantitative estimate of drug-likeness (QED) is 0.778. The summed E-state index contributed by atoms with van der Waals surface area (Å²) in [6, 6.07) is 6.04. The summed E-state index contributed by atoms with van der Waals surface area (Å²) in [5.74, 6) is 1.48. The molecule has 2 aromatic heterocycles. The highest BCUT2D eigenvalue weighted by Gasteiger charge is 2.08. The molecule has 0 unspecified atom stereocenters. The second-order valence-electron chi connectivity index (χ2n) is 5.40. The van der Waals surface area contributed by atoms with Crippen LogP contribution < -0.4 is 10.1 Å². The van der Waals surface area contributed by atoms with Gasteiger partial charge in [-0.3, -0.25) is 4.98 Å². The number of nitrogens with one attached hydrogen (secondary N) is 1. The Hall–Kier alpha value is -0.910. The predicted molar refractivity (Wildman–Crippen MR) is 91.9 cm³/mol. The normalized spacial score (nSPS) is 11.1. The lowest BCUT2D eigenvalue weighted by molar-refractivity contribution is 0.302. The van der Waals surface area contributed by atoms with Crippen molar-refractivity contribution in [2.24, 2.45) is 5.92 Å². The molecule has 2 rings (SSSR count). The third kappa shape index (κ3) is 5.09. The maximum Gasteiger partial charge on any atom is 0.142 e. The van der Waals surface area contributed by atoms with Crippen molar-refractivity contribution in [2.45, 2.75) is 33.9 Å². The third-order valence-corrected chi connectivity index (χ3v) is 4.87. The van der Waals surface area contributed by atoms with Crippen LogP contribution in [0.5, 0.6) is 5.75 Å². The Morgan fingerprint density at radius 2 is 2.14 bits per heavy atom. The minimum atomic E-state index is 0.570. The number of aryl methyl sites for hydroxylation is 1. The van der Waals surface area contributed by atoms with E-state index in [1.807, 2.05) is 25.1 Å². The van der Waals surface area contributed by atoms with E-state index < -0.39 is 0 Å². The zero-order chi connectivity index (χ0) is 15.2. The molecule has 0 atom stereocenters. The molecule has 21 heavy (non-hydrogen) atoms. The smallest absolute Gasteiger partial charge is 0.142 e. The molecule has 1 N–H and O–H groups in total. The van der Waals surface area contributed by atoms with Crippen LogP contribution >= 0.6 is 27.3 Å². The molecule has 0 radical (unpaired) electrons. The van der Waals surface area contributed by atoms with Crippen molar-refractivity contribution < 1.29 is 4.74 Å². The maximum absolute atomic E-state index is 5.95. The first-order valence-corrected chi connectivity index (χ1v) is 8.75. The Bertz CT molecular complexity index is 583. The number of nitrogens with zero attached hydrogens (tertiary/aromatic N) is 1. The van der Waals surface area contributed by atoms with Crippen LogP contribution in [0.1, 0.15) is 30.1 Å². The Morgan fingerprint density at radius 3 is 2.81 bits per heavy atom. The molecule has 0 aliphatic heterocycles. The molecular weight excluding hydrogens is 348 g/mol. The van der Waals surface area contributed by atoms with E-state index in [0.29, 0.717) is 12.5 Å². The van der Waals surface area contributed by atoms with Crippen molar-refractivity contribution in [1.29, 1.82) is 0 Å². The van der Waals surface area contributed by atoms with Gasteiger partial charge in [0.15, 0.2) is 0 Å². The van der Waals surface area contributed by atoms with E-state index in [0.717, 1.165) is 34.7 Å². The van der Waals surface area contributed by atoms with Crippen molar-refractivity contribution in [3.8, 4) is 5.75 Å². The van der Waals surface area contributed by atoms with Gasteiger partial charge in [0, 0.05) is 16.7 Å². The van der Waals surface area contributed by atoms with E-state index in [9.17, 15) is 0 Å². The van der Waals surface area contributed by atoms with Crippen LogP contribution in [0.3, 0.4) is 0 Å². The summed E-state index contributed by atoms with van der Waals surface area (Å²) in [5.41, 5.74) is 1.99. The molecule has 2 aromatic rings. The minimum absolute atomic E-state index is 0.570. The monoisotopic (exact) mass is 368 g/mol. The second-order valence-corrected chi connectivity index (χ2v) is 7.26. The molecule has 0 aliphatic rings. The Morgan fingerprint density at radius 1 is 1.33 bits per heavy atom. The number of aromatic nitrogens is 1. The Labute approximate surface area is 138 Å². The number of hydrogen-bond acceptors (Lipinski definition) is 4. The van der Waals surface area contributed by atoms with Gasteiger partial charge in [0.05, 0.1) is 10.6 Å². The van der Waals surface area contributed by atoms with E-state index >= 15 is 0 Å². The van der Waals surface area contributed by atoms with Gasteiger partial charge in [-0.2, -0.15) is 0 Å². The van der Waals surface area contributed by atoms with Crippen molar-refractivity contribution >= 4 is 27.3 Å². The lowest BCUT2D eigenvalue weighted by Gasteiger charge is -2.13. The molecule has 0 aliphatic carbocycles. The van der Waals surface area contributed by atoms with Crippen LogP contribution in [-0.4, -0.2) is 11.5 Å². The fourth-order valence-electron chi connectivity index (χ4n) is 1.91. The highest BCUT2D eigenvalue weighted by Crippen LogP contribution is 2.25. The molecule has 2 heterocycles. The fourth-order valence-corrected chi connectivity index (χ4v) is 3.28. The van der Waals surface area contributed by atoms with Crippen LogP contribution in [0.15, 0.2) is 28.1 Å². The average molecular weight is 369 g/mol. The summed E-state index contributed by atoms with van der Waals surface area (Å²) < 4.78 is 7.06. The van der Waals surface area contributed by atoms with Gasteiger partial charge in [-0.05, 0) is 58.9 Å². The van der Waals surface area contributed by atoms with Gasteiger partial charge in [-0.15, -0.1) is 11.3 Å². The van der Waals surface area contributed by atoms with Gasteiger partial charge in [0.2, 0.25) is 0 Å². The molecule has 0 fully saturated rings. The standard InChI is InChI=1S/C16H21BrN2OS/c1-11(2)8-18-9-14-15(5-4-12(3)19-14)20-10-16-13(17)6-7-21-16/h4-7,11,18H,8-10H2,1-3H3. The summed E-state index contributed by atoms with van der Waals surface area (Å²) in [6.07, 6.45) is 0. The first-order valence-electron chi connectivity index (χ1n) is 7.08. The third-order valence-electron chi connectivity index (χ3n) is 2.97. The molecule has 0 bridgehead atoms. The number of pyridine rings is 1. The fraction of sp³-hybridized carbons (Fsp3) is 0.438. The maximum atomic E-state index is 5.95. The van der Waals surface area contributed by atoms with E-state index in [1.54, 1.807) is 11.3 Å². The lowest BCUT2D eigenvalue weighted by Crippen LogP contribution is -2.20. The molecule has 0 saturated carbocycles. The van der Waals surface area contributed by atoms with Crippen LogP contribution in [0.4, 0.5) is 0 Å². The van der Waals surface area contributed by atoms with Crippen molar-refractivity contribution in [1.82, 2.24) is 10.3 Å². The first kappa shape index (κ1) is 16.5. The molecular formula is C16H21BrN2OS. The summed E-state index contributed by atoms with van der Waals surface area (Å²) >= 11 is 5.22. The van der Waals surface area contributed by atoms with Crippen molar-refractivity contribution in [3.05, 3.63) is 44.3 Å². The summed E-state index contributed by atoms with van der Waals surface area (Å²) in [7, 11) is 0. The van der Waals surface area contributed by atoms with Crippen LogP contribution in [-0.2, 0) is 13.2 Å². The lowest BCUT2D eigenvalue weighted by atomic mass is 10.2.